The highest BCUT2D eigenvalue weighted by Crippen LogP contribution is 2.21. The zero-order valence-electron chi connectivity index (χ0n) is 10.9. The lowest BCUT2D eigenvalue weighted by molar-refractivity contribution is -0.123. The van der Waals surface area contributed by atoms with Crippen molar-refractivity contribution in [3.63, 3.8) is 0 Å². The van der Waals surface area contributed by atoms with Crippen LogP contribution in [-0.4, -0.2) is 29.3 Å². The molecule has 1 aliphatic heterocycles. The second kappa shape index (κ2) is 5.38. The minimum Gasteiger partial charge on any atom is -0.368 e. The van der Waals surface area contributed by atoms with Gasteiger partial charge in [0.2, 0.25) is 5.91 Å². The van der Waals surface area contributed by atoms with E-state index >= 15 is 0 Å². The van der Waals surface area contributed by atoms with Crippen LogP contribution < -0.4 is 5.73 Å². The summed E-state index contributed by atoms with van der Waals surface area (Å²) in [5.41, 5.74) is 6.06. The number of primary amides is 1. The molecule has 0 radical (unpaired) electrons. The summed E-state index contributed by atoms with van der Waals surface area (Å²) in [7, 11) is 0. The Morgan fingerprint density at radius 2 is 2.11 bits per heavy atom. The van der Waals surface area contributed by atoms with Crippen molar-refractivity contribution in [3.8, 4) is 0 Å². The Hall–Kier alpha value is -1.91. The minimum absolute atomic E-state index is 0.00116. The molecule has 2 rings (SSSR count). The molecule has 5 heteroatoms. The number of piperidine rings is 1. The van der Waals surface area contributed by atoms with Crippen LogP contribution in [0.2, 0.25) is 0 Å². The maximum absolute atomic E-state index is 13.8. The summed E-state index contributed by atoms with van der Waals surface area (Å²) in [5, 5.41) is 0. The fourth-order valence-electron chi connectivity index (χ4n) is 2.42. The second-order valence-corrected chi connectivity index (χ2v) is 4.90. The van der Waals surface area contributed by atoms with Gasteiger partial charge in [0.05, 0.1) is 5.56 Å². The smallest absolute Gasteiger partial charge is 0.257 e. The van der Waals surface area contributed by atoms with Crippen LogP contribution in [-0.2, 0) is 4.79 Å². The predicted octanol–water partition coefficient (Wildman–Crippen LogP) is 1.61. The highest BCUT2D eigenvalue weighted by Gasteiger charge is 2.32. The Kier molecular flexibility index (Phi) is 3.83. The zero-order valence-corrected chi connectivity index (χ0v) is 10.9. The highest BCUT2D eigenvalue weighted by atomic mass is 19.1. The van der Waals surface area contributed by atoms with E-state index in [1.165, 1.54) is 17.0 Å². The number of hydrogen-bond donors (Lipinski definition) is 1. The number of nitrogens with zero attached hydrogens (tertiary/aromatic N) is 1. The molecule has 19 heavy (non-hydrogen) atoms. The van der Waals surface area contributed by atoms with Crippen LogP contribution in [0.25, 0.3) is 0 Å². The topological polar surface area (TPSA) is 63.4 Å². The first-order chi connectivity index (χ1) is 9.00. The Labute approximate surface area is 111 Å². The summed E-state index contributed by atoms with van der Waals surface area (Å²) in [5.74, 6) is -1.54. The molecule has 1 unspecified atom stereocenters. The van der Waals surface area contributed by atoms with Gasteiger partial charge in [-0.1, -0.05) is 6.07 Å². The highest BCUT2D eigenvalue weighted by molar-refractivity contribution is 5.97. The summed E-state index contributed by atoms with van der Waals surface area (Å²) < 4.78 is 13.8. The maximum atomic E-state index is 13.8. The second-order valence-electron chi connectivity index (χ2n) is 4.90. The molecule has 1 aliphatic rings. The van der Waals surface area contributed by atoms with Gasteiger partial charge in [-0.15, -0.1) is 0 Å². The van der Waals surface area contributed by atoms with E-state index in [4.69, 9.17) is 5.73 Å². The average molecular weight is 264 g/mol. The summed E-state index contributed by atoms with van der Waals surface area (Å²) in [6, 6.07) is 3.83. The SMILES string of the molecule is Cc1ccc(C(=O)N2CCCCC2C(N)=O)c(F)c1. The number of benzene rings is 1. The molecule has 1 fully saturated rings. The molecule has 1 aromatic carbocycles. The fraction of sp³-hybridized carbons (Fsp3) is 0.429. The summed E-state index contributed by atoms with van der Waals surface area (Å²) in [4.78, 5) is 25.1. The van der Waals surface area contributed by atoms with Gasteiger partial charge >= 0.3 is 0 Å². The Bertz CT molecular complexity index is 516. The lowest BCUT2D eigenvalue weighted by atomic mass is 10.00. The predicted molar refractivity (Wildman–Crippen MR) is 69.0 cm³/mol. The van der Waals surface area contributed by atoms with Gasteiger partial charge in [-0.2, -0.15) is 0 Å². The van der Waals surface area contributed by atoms with E-state index in [-0.39, 0.29) is 5.56 Å². The van der Waals surface area contributed by atoms with Crippen LogP contribution in [0.5, 0.6) is 0 Å². The van der Waals surface area contributed by atoms with Gasteiger partial charge in [-0.25, -0.2) is 4.39 Å². The Morgan fingerprint density at radius 1 is 1.37 bits per heavy atom. The molecule has 2 amide bonds. The molecule has 102 valence electrons. The molecule has 2 N–H and O–H groups in total. The van der Waals surface area contributed by atoms with Crippen LogP contribution in [0, 0.1) is 12.7 Å². The van der Waals surface area contributed by atoms with E-state index in [1.54, 1.807) is 13.0 Å². The van der Waals surface area contributed by atoms with Crippen molar-refractivity contribution in [1.29, 1.82) is 0 Å². The first-order valence-electron chi connectivity index (χ1n) is 6.37. The quantitative estimate of drug-likeness (QED) is 0.882. The zero-order chi connectivity index (χ0) is 14.0. The molecule has 1 aromatic rings. The number of halogens is 1. The maximum Gasteiger partial charge on any atom is 0.257 e. The van der Waals surface area contributed by atoms with Crippen LogP contribution in [0.1, 0.15) is 35.2 Å². The molecule has 0 spiro atoms. The third-order valence-corrected chi connectivity index (χ3v) is 3.45. The number of carbonyl (C=O) groups excluding carboxylic acids is 2. The average Bonchev–Trinajstić information content (AvgIpc) is 2.38. The number of carbonyl (C=O) groups is 2. The van der Waals surface area contributed by atoms with Gasteiger partial charge in [0, 0.05) is 6.54 Å². The Morgan fingerprint density at radius 3 is 2.74 bits per heavy atom. The first kappa shape index (κ1) is 13.5. The molecule has 1 saturated heterocycles. The van der Waals surface area contributed by atoms with E-state index in [9.17, 15) is 14.0 Å². The van der Waals surface area contributed by atoms with E-state index < -0.39 is 23.7 Å². The third kappa shape index (κ3) is 2.75. The summed E-state index contributed by atoms with van der Waals surface area (Å²) in [6.45, 7) is 2.20. The van der Waals surface area contributed by atoms with Gasteiger partial charge in [0.25, 0.3) is 5.91 Å². The van der Waals surface area contributed by atoms with Crippen molar-refractivity contribution < 1.29 is 14.0 Å². The minimum atomic E-state index is -0.623. The van der Waals surface area contributed by atoms with Crippen molar-refractivity contribution in [3.05, 3.63) is 35.1 Å². The largest absolute Gasteiger partial charge is 0.368 e. The van der Waals surface area contributed by atoms with Crippen molar-refractivity contribution in [2.45, 2.75) is 32.2 Å². The number of aryl methyl sites for hydroxylation is 1. The van der Waals surface area contributed by atoms with Gasteiger partial charge in [-0.05, 0) is 43.9 Å². The molecule has 1 atom stereocenters. The first-order valence-corrected chi connectivity index (χ1v) is 6.37. The monoisotopic (exact) mass is 264 g/mol. The molecular weight excluding hydrogens is 247 g/mol. The molecule has 0 aliphatic carbocycles. The Balaban J connectivity index is 2.28. The number of amides is 2. The molecular formula is C14H17FN2O2. The molecule has 0 bridgehead atoms. The molecule has 4 nitrogen and oxygen atoms in total. The number of rotatable bonds is 2. The van der Waals surface area contributed by atoms with E-state index in [0.29, 0.717) is 13.0 Å². The number of hydrogen-bond acceptors (Lipinski definition) is 2. The van der Waals surface area contributed by atoms with Crippen LogP contribution >= 0.6 is 0 Å². The van der Waals surface area contributed by atoms with Gasteiger partial charge < -0.3 is 10.6 Å². The van der Waals surface area contributed by atoms with Crippen molar-refractivity contribution in [2.24, 2.45) is 5.73 Å². The summed E-state index contributed by atoms with van der Waals surface area (Å²) >= 11 is 0. The summed E-state index contributed by atoms with van der Waals surface area (Å²) in [6.07, 6.45) is 2.21. The lowest BCUT2D eigenvalue weighted by Crippen LogP contribution is -2.50. The fourth-order valence-corrected chi connectivity index (χ4v) is 2.42. The van der Waals surface area contributed by atoms with Crippen LogP contribution in [0.15, 0.2) is 18.2 Å². The number of nitrogens with two attached hydrogens (primary N) is 1. The van der Waals surface area contributed by atoms with Crippen LogP contribution in [0.3, 0.4) is 0 Å². The van der Waals surface area contributed by atoms with Crippen molar-refractivity contribution in [1.82, 2.24) is 4.90 Å². The van der Waals surface area contributed by atoms with Gasteiger partial charge in [-0.3, -0.25) is 9.59 Å². The van der Waals surface area contributed by atoms with E-state index in [1.807, 2.05) is 0 Å². The lowest BCUT2D eigenvalue weighted by Gasteiger charge is -2.33. The molecule has 0 saturated carbocycles. The molecule has 1 heterocycles. The van der Waals surface area contributed by atoms with Crippen LogP contribution in [0.4, 0.5) is 4.39 Å². The van der Waals surface area contributed by atoms with Crippen molar-refractivity contribution >= 4 is 11.8 Å². The van der Waals surface area contributed by atoms with E-state index in [0.717, 1.165) is 18.4 Å². The molecule has 0 aromatic heterocycles. The third-order valence-electron chi connectivity index (χ3n) is 3.45. The van der Waals surface area contributed by atoms with E-state index in [2.05, 4.69) is 0 Å². The van der Waals surface area contributed by atoms with Crippen molar-refractivity contribution in [2.75, 3.05) is 6.54 Å². The standard InChI is InChI=1S/C14H17FN2O2/c1-9-5-6-10(11(15)8-9)14(19)17-7-3-2-4-12(17)13(16)18/h5-6,8,12H,2-4,7H2,1H3,(H2,16,18). The van der Waals surface area contributed by atoms with Gasteiger partial charge in [0.15, 0.2) is 0 Å². The normalized spacial score (nSPS) is 19.3. The number of likely N-dealkylation sites (tertiary alicyclic amines) is 1. The van der Waals surface area contributed by atoms with Gasteiger partial charge in [0.1, 0.15) is 11.9 Å².